The molecule has 0 bridgehead atoms. The number of hydrogen-bond acceptors (Lipinski definition) is 3. The Morgan fingerprint density at radius 3 is 2.60 bits per heavy atom. The normalized spacial score (nSPS) is 11.3. The largest absolute Gasteiger partial charge is 0.480 e. The van der Waals surface area contributed by atoms with Crippen LogP contribution >= 0.6 is 0 Å². The maximum atomic E-state index is 10.8. The van der Waals surface area contributed by atoms with Crippen LogP contribution in [0.3, 0.4) is 0 Å². The van der Waals surface area contributed by atoms with Gasteiger partial charge >= 0.3 is 5.97 Å². The summed E-state index contributed by atoms with van der Waals surface area (Å²) in [6, 6.07) is 3.85. The predicted molar refractivity (Wildman–Crippen MR) is 57.7 cm³/mol. The average molecular weight is 208 g/mol. The van der Waals surface area contributed by atoms with Gasteiger partial charge < -0.3 is 10.4 Å². The van der Waals surface area contributed by atoms with Crippen LogP contribution in [0, 0.1) is 0 Å². The van der Waals surface area contributed by atoms with E-state index in [4.69, 9.17) is 5.11 Å². The molecule has 0 amide bonds. The van der Waals surface area contributed by atoms with E-state index in [9.17, 15) is 4.79 Å². The van der Waals surface area contributed by atoms with E-state index in [2.05, 4.69) is 10.3 Å². The summed E-state index contributed by atoms with van der Waals surface area (Å²) < 4.78 is 0. The van der Waals surface area contributed by atoms with E-state index >= 15 is 0 Å². The summed E-state index contributed by atoms with van der Waals surface area (Å²) >= 11 is 0. The van der Waals surface area contributed by atoms with Gasteiger partial charge in [-0.1, -0.05) is 0 Å². The minimum Gasteiger partial charge on any atom is -0.480 e. The molecule has 82 valence electrons. The molecule has 0 aromatic carbocycles. The van der Waals surface area contributed by atoms with Crippen LogP contribution in [-0.4, -0.2) is 28.1 Å². The SMILES string of the molecule is CC(C)(NCCc1ccncc1)C(=O)O. The Bertz CT molecular complexity index is 323. The van der Waals surface area contributed by atoms with Crippen molar-refractivity contribution in [2.45, 2.75) is 25.8 Å². The summed E-state index contributed by atoms with van der Waals surface area (Å²) in [4.78, 5) is 14.7. The van der Waals surface area contributed by atoms with Gasteiger partial charge in [0.1, 0.15) is 5.54 Å². The first-order valence-corrected chi connectivity index (χ1v) is 4.90. The van der Waals surface area contributed by atoms with E-state index in [1.165, 1.54) is 0 Å². The molecule has 0 spiro atoms. The van der Waals surface area contributed by atoms with Crippen LogP contribution in [-0.2, 0) is 11.2 Å². The second-order valence-corrected chi connectivity index (χ2v) is 3.96. The molecule has 4 heteroatoms. The maximum absolute atomic E-state index is 10.8. The molecule has 1 aromatic rings. The predicted octanol–water partition coefficient (Wildman–Crippen LogP) is 1.08. The fourth-order valence-corrected chi connectivity index (χ4v) is 1.14. The van der Waals surface area contributed by atoms with Gasteiger partial charge in [-0.05, 0) is 38.0 Å². The number of carboxylic acids is 1. The lowest BCUT2D eigenvalue weighted by Gasteiger charge is -2.20. The fraction of sp³-hybridized carbons (Fsp3) is 0.455. The number of nitrogens with one attached hydrogen (secondary N) is 1. The second-order valence-electron chi connectivity index (χ2n) is 3.96. The molecule has 2 N–H and O–H groups in total. The Morgan fingerprint density at radius 2 is 2.07 bits per heavy atom. The van der Waals surface area contributed by atoms with Crippen molar-refractivity contribution >= 4 is 5.97 Å². The van der Waals surface area contributed by atoms with Gasteiger partial charge in [0.05, 0.1) is 0 Å². The van der Waals surface area contributed by atoms with Gasteiger partial charge in [-0.3, -0.25) is 9.78 Å². The van der Waals surface area contributed by atoms with Crippen LogP contribution in [0.15, 0.2) is 24.5 Å². The number of aliphatic carboxylic acids is 1. The lowest BCUT2D eigenvalue weighted by molar-refractivity contribution is -0.143. The van der Waals surface area contributed by atoms with E-state index in [0.717, 1.165) is 12.0 Å². The topological polar surface area (TPSA) is 62.2 Å². The zero-order chi connectivity index (χ0) is 11.3. The molecule has 1 heterocycles. The molecule has 0 saturated heterocycles. The zero-order valence-corrected chi connectivity index (χ0v) is 9.03. The van der Waals surface area contributed by atoms with Crippen molar-refractivity contribution in [2.24, 2.45) is 0 Å². The van der Waals surface area contributed by atoms with Gasteiger partial charge in [0.15, 0.2) is 0 Å². The molecular formula is C11H16N2O2. The Labute approximate surface area is 89.3 Å². The highest BCUT2D eigenvalue weighted by molar-refractivity contribution is 5.77. The minimum atomic E-state index is -0.868. The molecule has 0 atom stereocenters. The third kappa shape index (κ3) is 3.67. The Hall–Kier alpha value is -1.42. The van der Waals surface area contributed by atoms with E-state index < -0.39 is 11.5 Å². The molecular weight excluding hydrogens is 192 g/mol. The second kappa shape index (κ2) is 4.89. The number of nitrogens with zero attached hydrogens (tertiary/aromatic N) is 1. The van der Waals surface area contributed by atoms with E-state index in [0.29, 0.717) is 6.54 Å². The van der Waals surface area contributed by atoms with Crippen LogP contribution in [0.4, 0.5) is 0 Å². The number of rotatable bonds is 5. The lowest BCUT2D eigenvalue weighted by Crippen LogP contribution is -2.47. The van der Waals surface area contributed by atoms with Crippen molar-refractivity contribution in [1.29, 1.82) is 0 Å². The molecule has 0 radical (unpaired) electrons. The standard InChI is InChI=1S/C11H16N2O2/c1-11(2,10(14)15)13-8-5-9-3-6-12-7-4-9/h3-4,6-7,13H,5,8H2,1-2H3,(H,14,15). The van der Waals surface area contributed by atoms with E-state index in [-0.39, 0.29) is 0 Å². The number of pyridine rings is 1. The molecule has 1 aromatic heterocycles. The summed E-state index contributed by atoms with van der Waals surface area (Å²) in [7, 11) is 0. The zero-order valence-electron chi connectivity index (χ0n) is 9.03. The number of carboxylic acid groups (broad SMARTS) is 1. The summed E-state index contributed by atoms with van der Waals surface area (Å²) in [5.41, 5.74) is 0.284. The minimum absolute atomic E-state index is 0.642. The summed E-state index contributed by atoms with van der Waals surface area (Å²) in [5.74, 6) is -0.836. The van der Waals surface area contributed by atoms with Crippen LogP contribution < -0.4 is 5.32 Å². The lowest BCUT2D eigenvalue weighted by atomic mass is 10.1. The highest BCUT2D eigenvalue weighted by Gasteiger charge is 2.25. The molecule has 0 aliphatic rings. The van der Waals surface area contributed by atoms with Crippen molar-refractivity contribution in [1.82, 2.24) is 10.3 Å². The van der Waals surface area contributed by atoms with E-state index in [1.807, 2.05) is 12.1 Å². The van der Waals surface area contributed by atoms with Gasteiger partial charge in [0.25, 0.3) is 0 Å². The Balaban J connectivity index is 2.37. The molecule has 15 heavy (non-hydrogen) atoms. The van der Waals surface area contributed by atoms with Crippen molar-refractivity contribution < 1.29 is 9.90 Å². The van der Waals surface area contributed by atoms with Crippen molar-refractivity contribution in [3.05, 3.63) is 30.1 Å². The quantitative estimate of drug-likeness (QED) is 0.760. The first kappa shape index (κ1) is 11.7. The molecule has 0 aliphatic carbocycles. The van der Waals surface area contributed by atoms with Gasteiger partial charge in [-0.25, -0.2) is 0 Å². The summed E-state index contributed by atoms with van der Waals surface area (Å²) in [5, 5.41) is 11.9. The first-order chi connectivity index (χ1) is 7.02. The molecule has 4 nitrogen and oxygen atoms in total. The van der Waals surface area contributed by atoms with Gasteiger partial charge in [0, 0.05) is 18.9 Å². The highest BCUT2D eigenvalue weighted by Crippen LogP contribution is 2.02. The molecule has 0 saturated carbocycles. The summed E-state index contributed by atoms with van der Waals surface area (Å²) in [6.07, 6.45) is 4.27. The van der Waals surface area contributed by atoms with Crippen LogP contribution in [0.1, 0.15) is 19.4 Å². The Morgan fingerprint density at radius 1 is 1.47 bits per heavy atom. The van der Waals surface area contributed by atoms with Crippen LogP contribution in [0.2, 0.25) is 0 Å². The average Bonchev–Trinajstić information content (AvgIpc) is 2.19. The van der Waals surface area contributed by atoms with Crippen molar-refractivity contribution in [3.63, 3.8) is 0 Å². The third-order valence-corrected chi connectivity index (χ3v) is 2.26. The maximum Gasteiger partial charge on any atom is 0.323 e. The van der Waals surface area contributed by atoms with Gasteiger partial charge in [-0.2, -0.15) is 0 Å². The first-order valence-electron chi connectivity index (χ1n) is 4.90. The van der Waals surface area contributed by atoms with Gasteiger partial charge in [-0.15, -0.1) is 0 Å². The smallest absolute Gasteiger partial charge is 0.323 e. The molecule has 0 unspecified atom stereocenters. The number of aromatic nitrogens is 1. The monoisotopic (exact) mass is 208 g/mol. The Kier molecular flexibility index (Phi) is 3.80. The highest BCUT2D eigenvalue weighted by atomic mass is 16.4. The fourth-order valence-electron chi connectivity index (χ4n) is 1.14. The van der Waals surface area contributed by atoms with Crippen molar-refractivity contribution in [2.75, 3.05) is 6.54 Å². The third-order valence-electron chi connectivity index (χ3n) is 2.26. The summed E-state index contributed by atoms with van der Waals surface area (Å²) in [6.45, 7) is 3.95. The molecule has 0 fully saturated rings. The number of carbonyl (C=O) groups is 1. The van der Waals surface area contributed by atoms with E-state index in [1.54, 1.807) is 26.2 Å². The number of hydrogen-bond donors (Lipinski definition) is 2. The van der Waals surface area contributed by atoms with Crippen LogP contribution in [0.25, 0.3) is 0 Å². The van der Waals surface area contributed by atoms with Crippen molar-refractivity contribution in [3.8, 4) is 0 Å². The van der Waals surface area contributed by atoms with Gasteiger partial charge in [0.2, 0.25) is 0 Å². The van der Waals surface area contributed by atoms with Crippen LogP contribution in [0.5, 0.6) is 0 Å². The molecule has 1 rings (SSSR count). The molecule has 0 aliphatic heterocycles.